The van der Waals surface area contributed by atoms with Crippen molar-refractivity contribution in [3.8, 4) is 22.6 Å². The molecule has 2 aromatic rings. The smallest absolute Gasteiger partial charge is 0.161 e. The maximum absolute atomic E-state index is 6.40. The molecule has 0 fully saturated rings. The number of halogens is 1. The van der Waals surface area contributed by atoms with Crippen molar-refractivity contribution in [1.82, 2.24) is 5.32 Å². The third kappa shape index (κ3) is 2.85. The van der Waals surface area contributed by atoms with E-state index in [0.717, 1.165) is 33.2 Å². The van der Waals surface area contributed by atoms with E-state index in [2.05, 4.69) is 24.4 Å². The van der Waals surface area contributed by atoms with Crippen LogP contribution in [0.1, 0.15) is 18.5 Å². The monoisotopic (exact) mass is 303 g/mol. The zero-order valence-electron chi connectivity index (χ0n) is 12.2. The van der Waals surface area contributed by atoms with Gasteiger partial charge in [-0.25, -0.2) is 0 Å². The van der Waals surface area contributed by atoms with E-state index in [4.69, 9.17) is 21.1 Å². The highest BCUT2D eigenvalue weighted by Crippen LogP contribution is 2.36. The number of nitrogens with one attached hydrogen (secondary N) is 1. The van der Waals surface area contributed by atoms with E-state index in [1.807, 2.05) is 31.3 Å². The van der Waals surface area contributed by atoms with E-state index in [1.165, 1.54) is 0 Å². The second-order valence-corrected chi connectivity index (χ2v) is 5.51. The van der Waals surface area contributed by atoms with Crippen molar-refractivity contribution in [3.63, 3.8) is 0 Å². The zero-order chi connectivity index (χ0) is 14.8. The van der Waals surface area contributed by atoms with E-state index in [0.29, 0.717) is 13.2 Å². The Kier molecular flexibility index (Phi) is 4.04. The van der Waals surface area contributed by atoms with Gasteiger partial charge in [-0.05, 0) is 48.9 Å². The Bertz CT molecular complexity index is 657. The third-order valence-corrected chi connectivity index (χ3v) is 4.10. The van der Waals surface area contributed by atoms with Gasteiger partial charge in [0.2, 0.25) is 0 Å². The SMILES string of the molecule is CNC(C)c1ccc(-c2ccc3c(c2)OCCO3)cc1Cl. The van der Waals surface area contributed by atoms with Gasteiger partial charge in [-0.1, -0.05) is 29.8 Å². The second kappa shape index (κ2) is 5.96. The van der Waals surface area contributed by atoms with Crippen molar-refractivity contribution in [3.05, 3.63) is 47.0 Å². The van der Waals surface area contributed by atoms with Crippen LogP contribution in [0.25, 0.3) is 11.1 Å². The standard InChI is InChI=1S/C17H18ClNO2/c1-11(19-2)14-5-3-12(9-15(14)18)13-4-6-16-17(10-13)21-8-7-20-16/h3-6,9-11,19H,7-8H2,1-2H3. The fourth-order valence-corrected chi connectivity index (χ4v) is 2.78. The maximum atomic E-state index is 6.40. The van der Waals surface area contributed by atoms with Gasteiger partial charge >= 0.3 is 0 Å². The summed E-state index contributed by atoms with van der Waals surface area (Å²) in [5, 5.41) is 3.97. The Hall–Kier alpha value is -1.71. The highest BCUT2D eigenvalue weighted by Gasteiger charge is 2.14. The van der Waals surface area contributed by atoms with Crippen molar-refractivity contribution < 1.29 is 9.47 Å². The number of benzene rings is 2. The van der Waals surface area contributed by atoms with Gasteiger partial charge in [0, 0.05) is 11.1 Å². The number of hydrogen-bond acceptors (Lipinski definition) is 3. The summed E-state index contributed by atoms with van der Waals surface area (Å²) < 4.78 is 11.2. The normalized spacial score (nSPS) is 14.8. The summed E-state index contributed by atoms with van der Waals surface area (Å²) in [4.78, 5) is 0. The van der Waals surface area contributed by atoms with Gasteiger partial charge in [0.15, 0.2) is 11.5 Å². The van der Waals surface area contributed by atoms with Crippen molar-refractivity contribution in [2.75, 3.05) is 20.3 Å². The summed E-state index contributed by atoms with van der Waals surface area (Å²) in [5.74, 6) is 1.60. The van der Waals surface area contributed by atoms with Crippen LogP contribution in [0.4, 0.5) is 0 Å². The van der Waals surface area contributed by atoms with Crippen molar-refractivity contribution in [2.24, 2.45) is 0 Å². The van der Waals surface area contributed by atoms with Crippen LogP contribution in [0.5, 0.6) is 11.5 Å². The summed E-state index contributed by atoms with van der Waals surface area (Å²) in [6.07, 6.45) is 0. The molecule has 1 heterocycles. The van der Waals surface area contributed by atoms with E-state index in [1.54, 1.807) is 0 Å². The number of fused-ring (bicyclic) bond motifs is 1. The molecule has 1 aliphatic rings. The van der Waals surface area contributed by atoms with E-state index in [9.17, 15) is 0 Å². The first kappa shape index (κ1) is 14.2. The molecular weight excluding hydrogens is 286 g/mol. The predicted molar refractivity (Wildman–Crippen MR) is 85.4 cm³/mol. The van der Waals surface area contributed by atoms with E-state index < -0.39 is 0 Å². The molecule has 0 saturated heterocycles. The fourth-order valence-electron chi connectivity index (χ4n) is 2.44. The van der Waals surface area contributed by atoms with Crippen LogP contribution in [0.3, 0.4) is 0 Å². The minimum atomic E-state index is 0.229. The second-order valence-electron chi connectivity index (χ2n) is 5.11. The molecule has 1 N–H and O–H groups in total. The van der Waals surface area contributed by atoms with Crippen molar-refractivity contribution >= 4 is 11.6 Å². The van der Waals surface area contributed by atoms with Crippen LogP contribution in [0.15, 0.2) is 36.4 Å². The van der Waals surface area contributed by atoms with E-state index >= 15 is 0 Å². The minimum absolute atomic E-state index is 0.229. The van der Waals surface area contributed by atoms with Gasteiger partial charge in [-0.3, -0.25) is 0 Å². The fraction of sp³-hybridized carbons (Fsp3) is 0.294. The van der Waals surface area contributed by atoms with Crippen LogP contribution in [-0.4, -0.2) is 20.3 Å². The molecule has 1 unspecified atom stereocenters. The Labute approximate surface area is 129 Å². The largest absolute Gasteiger partial charge is 0.486 e. The number of rotatable bonds is 3. The van der Waals surface area contributed by atoms with Crippen LogP contribution in [0, 0.1) is 0 Å². The average molecular weight is 304 g/mol. The molecule has 0 radical (unpaired) electrons. The molecule has 3 nitrogen and oxygen atoms in total. The van der Waals surface area contributed by atoms with Crippen LogP contribution < -0.4 is 14.8 Å². The molecular formula is C17H18ClNO2. The number of ether oxygens (including phenoxy) is 2. The summed E-state index contributed by atoms with van der Waals surface area (Å²) in [6, 6.07) is 12.3. The first-order chi connectivity index (χ1) is 10.2. The molecule has 4 heteroatoms. The summed E-state index contributed by atoms with van der Waals surface area (Å²) in [7, 11) is 1.93. The average Bonchev–Trinajstić information content (AvgIpc) is 2.53. The lowest BCUT2D eigenvalue weighted by Gasteiger charge is -2.19. The minimum Gasteiger partial charge on any atom is -0.486 e. The Morgan fingerprint density at radius 3 is 2.38 bits per heavy atom. The molecule has 21 heavy (non-hydrogen) atoms. The molecule has 0 bridgehead atoms. The van der Waals surface area contributed by atoms with Crippen LogP contribution >= 0.6 is 11.6 Å². The third-order valence-electron chi connectivity index (χ3n) is 3.78. The lowest BCUT2D eigenvalue weighted by molar-refractivity contribution is 0.171. The van der Waals surface area contributed by atoms with Gasteiger partial charge in [0.1, 0.15) is 13.2 Å². The van der Waals surface area contributed by atoms with Gasteiger partial charge in [-0.15, -0.1) is 0 Å². The Morgan fingerprint density at radius 1 is 1.00 bits per heavy atom. The molecule has 1 atom stereocenters. The van der Waals surface area contributed by atoms with Crippen LogP contribution in [0.2, 0.25) is 5.02 Å². The Balaban J connectivity index is 1.95. The molecule has 1 aliphatic heterocycles. The van der Waals surface area contributed by atoms with Gasteiger partial charge < -0.3 is 14.8 Å². The molecule has 0 saturated carbocycles. The van der Waals surface area contributed by atoms with E-state index in [-0.39, 0.29) is 6.04 Å². The highest BCUT2D eigenvalue weighted by molar-refractivity contribution is 6.31. The summed E-state index contributed by atoms with van der Waals surface area (Å²) >= 11 is 6.40. The first-order valence-electron chi connectivity index (χ1n) is 7.06. The van der Waals surface area contributed by atoms with Crippen molar-refractivity contribution in [1.29, 1.82) is 0 Å². The lowest BCUT2D eigenvalue weighted by Crippen LogP contribution is -2.15. The summed E-state index contributed by atoms with van der Waals surface area (Å²) in [5.41, 5.74) is 3.24. The zero-order valence-corrected chi connectivity index (χ0v) is 12.9. The quantitative estimate of drug-likeness (QED) is 0.927. The lowest BCUT2D eigenvalue weighted by atomic mass is 10.0. The van der Waals surface area contributed by atoms with Crippen molar-refractivity contribution in [2.45, 2.75) is 13.0 Å². The predicted octanol–water partition coefficient (Wildman–Crippen LogP) is 4.06. The Morgan fingerprint density at radius 2 is 1.67 bits per heavy atom. The molecule has 3 rings (SSSR count). The number of hydrogen-bond donors (Lipinski definition) is 1. The molecule has 0 aliphatic carbocycles. The molecule has 110 valence electrons. The first-order valence-corrected chi connectivity index (χ1v) is 7.43. The maximum Gasteiger partial charge on any atom is 0.161 e. The summed E-state index contributed by atoms with van der Waals surface area (Å²) in [6.45, 7) is 3.29. The topological polar surface area (TPSA) is 30.5 Å². The molecule has 0 spiro atoms. The highest BCUT2D eigenvalue weighted by atomic mass is 35.5. The van der Waals surface area contributed by atoms with Crippen LogP contribution in [-0.2, 0) is 0 Å². The molecule has 0 aromatic heterocycles. The van der Waals surface area contributed by atoms with Gasteiger partial charge in [0.05, 0.1) is 0 Å². The van der Waals surface area contributed by atoms with Gasteiger partial charge in [0.25, 0.3) is 0 Å². The molecule has 0 amide bonds. The molecule has 2 aromatic carbocycles. The van der Waals surface area contributed by atoms with Gasteiger partial charge in [-0.2, -0.15) is 0 Å².